The van der Waals surface area contributed by atoms with Gasteiger partial charge in [0.2, 0.25) is 5.91 Å². The molecule has 0 aromatic heterocycles. The molecule has 0 radical (unpaired) electrons. The molecule has 0 aliphatic heterocycles. The molecule has 4 N–H and O–H groups in total. The van der Waals surface area contributed by atoms with Gasteiger partial charge in [0.25, 0.3) is 0 Å². The monoisotopic (exact) mass is 274 g/mol. The van der Waals surface area contributed by atoms with Crippen molar-refractivity contribution >= 4 is 18.3 Å². The van der Waals surface area contributed by atoms with Gasteiger partial charge in [-0.3, -0.25) is 4.79 Å². The number of para-hydroxylation sites is 1. The fourth-order valence-electron chi connectivity index (χ4n) is 1.29. The molecule has 1 rings (SSSR count). The SMILES string of the molecule is C[C@@H](N)C(=O)NCc1ccccc1OCCO.Cl. The first kappa shape index (κ1) is 16.7. The standard InChI is InChI=1S/C12H18N2O3.ClH/c1-9(13)12(16)14-8-10-4-2-3-5-11(10)17-7-6-15;/h2-5,9,15H,6-8,13H2,1H3,(H,14,16);1H/t9-;/m1./s1. The number of carbonyl (C=O) groups is 1. The smallest absolute Gasteiger partial charge is 0.236 e. The van der Waals surface area contributed by atoms with Gasteiger partial charge in [-0.25, -0.2) is 0 Å². The highest BCUT2D eigenvalue weighted by atomic mass is 35.5. The van der Waals surface area contributed by atoms with E-state index >= 15 is 0 Å². The molecule has 0 saturated heterocycles. The van der Waals surface area contributed by atoms with Crippen LogP contribution < -0.4 is 15.8 Å². The Morgan fingerprint density at radius 3 is 2.78 bits per heavy atom. The minimum absolute atomic E-state index is 0. The van der Waals surface area contributed by atoms with Crippen molar-refractivity contribution in [1.29, 1.82) is 0 Å². The van der Waals surface area contributed by atoms with E-state index in [4.69, 9.17) is 15.6 Å². The molecule has 5 nitrogen and oxygen atoms in total. The van der Waals surface area contributed by atoms with Gasteiger partial charge in [0.15, 0.2) is 0 Å². The number of halogens is 1. The molecular formula is C12H19ClN2O3. The average molecular weight is 275 g/mol. The lowest BCUT2D eigenvalue weighted by molar-refractivity contribution is -0.122. The number of hydrogen-bond donors (Lipinski definition) is 3. The Morgan fingerprint density at radius 1 is 1.50 bits per heavy atom. The Hall–Kier alpha value is -1.30. The number of aliphatic hydroxyl groups excluding tert-OH is 1. The van der Waals surface area contributed by atoms with Gasteiger partial charge in [0.1, 0.15) is 12.4 Å². The minimum Gasteiger partial charge on any atom is -0.491 e. The van der Waals surface area contributed by atoms with Crippen LogP contribution in [0.1, 0.15) is 12.5 Å². The van der Waals surface area contributed by atoms with E-state index < -0.39 is 6.04 Å². The summed E-state index contributed by atoms with van der Waals surface area (Å²) in [6.07, 6.45) is 0. The Morgan fingerprint density at radius 2 is 2.17 bits per heavy atom. The van der Waals surface area contributed by atoms with E-state index in [1.54, 1.807) is 13.0 Å². The molecule has 1 atom stereocenters. The number of hydrogen-bond acceptors (Lipinski definition) is 4. The molecule has 0 heterocycles. The number of benzene rings is 1. The quantitative estimate of drug-likeness (QED) is 0.703. The largest absolute Gasteiger partial charge is 0.491 e. The van der Waals surface area contributed by atoms with Crippen LogP contribution in [0.5, 0.6) is 5.75 Å². The second-order valence-electron chi connectivity index (χ2n) is 3.69. The number of amides is 1. The van der Waals surface area contributed by atoms with Crippen molar-refractivity contribution in [2.45, 2.75) is 19.5 Å². The van der Waals surface area contributed by atoms with E-state index in [1.807, 2.05) is 18.2 Å². The Balaban J connectivity index is 0.00000289. The summed E-state index contributed by atoms with van der Waals surface area (Å²) in [5, 5.41) is 11.4. The van der Waals surface area contributed by atoms with Gasteiger partial charge in [-0.15, -0.1) is 12.4 Å². The summed E-state index contributed by atoms with van der Waals surface area (Å²) in [7, 11) is 0. The molecule has 102 valence electrons. The van der Waals surface area contributed by atoms with Crippen LogP contribution in [0.25, 0.3) is 0 Å². The first-order valence-electron chi connectivity index (χ1n) is 5.50. The number of rotatable bonds is 6. The van der Waals surface area contributed by atoms with Crippen molar-refractivity contribution in [3.63, 3.8) is 0 Å². The van der Waals surface area contributed by atoms with Gasteiger partial charge >= 0.3 is 0 Å². The minimum atomic E-state index is -0.527. The summed E-state index contributed by atoms with van der Waals surface area (Å²) in [6, 6.07) is 6.82. The maximum absolute atomic E-state index is 11.3. The molecule has 0 unspecified atom stereocenters. The molecule has 0 spiro atoms. The van der Waals surface area contributed by atoms with Crippen LogP contribution in [0.3, 0.4) is 0 Å². The Bertz CT molecular complexity index is 372. The third kappa shape index (κ3) is 5.35. The third-order valence-electron chi connectivity index (χ3n) is 2.19. The number of ether oxygens (including phenoxy) is 1. The Kier molecular flexibility index (Phi) is 8.11. The number of nitrogens with two attached hydrogens (primary N) is 1. The molecule has 0 saturated carbocycles. The zero-order chi connectivity index (χ0) is 12.7. The first-order valence-corrected chi connectivity index (χ1v) is 5.50. The summed E-state index contributed by atoms with van der Waals surface area (Å²) in [5.41, 5.74) is 6.30. The average Bonchev–Trinajstić information content (AvgIpc) is 2.34. The van der Waals surface area contributed by atoms with Gasteiger partial charge in [0.05, 0.1) is 12.6 Å². The highest BCUT2D eigenvalue weighted by molar-refractivity contribution is 5.85. The lowest BCUT2D eigenvalue weighted by Gasteiger charge is -2.12. The number of aliphatic hydroxyl groups is 1. The van der Waals surface area contributed by atoms with Crippen LogP contribution in [-0.2, 0) is 11.3 Å². The molecule has 1 aromatic carbocycles. The third-order valence-corrected chi connectivity index (χ3v) is 2.19. The van der Waals surface area contributed by atoms with Crippen LogP contribution in [0.4, 0.5) is 0 Å². The summed E-state index contributed by atoms with van der Waals surface area (Å²) in [4.78, 5) is 11.3. The topological polar surface area (TPSA) is 84.6 Å². The van der Waals surface area contributed by atoms with Crippen molar-refractivity contribution < 1.29 is 14.6 Å². The van der Waals surface area contributed by atoms with E-state index in [-0.39, 0.29) is 31.5 Å². The maximum atomic E-state index is 11.3. The van der Waals surface area contributed by atoms with E-state index in [1.165, 1.54) is 0 Å². The predicted molar refractivity (Wildman–Crippen MR) is 71.8 cm³/mol. The van der Waals surface area contributed by atoms with Gasteiger partial charge in [-0.2, -0.15) is 0 Å². The van der Waals surface area contributed by atoms with Crippen molar-refractivity contribution in [2.24, 2.45) is 5.73 Å². The summed E-state index contributed by atoms with van der Waals surface area (Å²) in [5.74, 6) is 0.452. The molecule has 0 aliphatic carbocycles. The normalized spacial score (nSPS) is 11.3. The molecule has 0 aliphatic rings. The van der Waals surface area contributed by atoms with Crippen molar-refractivity contribution in [3.05, 3.63) is 29.8 Å². The molecule has 1 amide bonds. The molecule has 1 aromatic rings. The predicted octanol–water partition coefficient (Wildman–Crippen LogP) is 0.443. The second-order valence-corrected chi connectivity index (χ2v) is 3.69. The lowest BCUT2D eigenvalue weighted by atomic mass is 10.2. The van der Waals surface area contributed by atoms with Gasteiger partial charge in [0, 0.05) is 12.1 Å². The number of carbonyl (C=O) groups excluding carboxylic acids is 1. The van der Waals surface area contributed by atoms with Crippen LogP contribution in [0, 0.1) is 0 Å². The zero-order valence-electron chi connectivity index (χ0n) is 10.3. The fraction of sp³-hybridized carbons (Fsp3) is 0.417. The second kappa shape index (κ2) is 8.74. The zero-order valence-corrected chi connectivity index (χ0v) is 11.1. The fourth-order valence-corrected chi connectivity index (χ4v) is 1.29. The highest BCUT2D eigenvalue weighted by Gasteiger charge is 2.08. The number of nitrogens with one attached hydrogen (secondary N) is 1. The van der Waals surface area contributed by atoms with Crippen LogP contribution >= 0.6 is 12.4 Å². The van der Waals surface area contributed by atoms with Crippen LogP contribution in [0.2, 0.25) is 0 Å². The van der Waals surface area contributed by atoms with Crippen LogP contribution in [-0.4, -0.2) is 30.3 Å². The summed E-state index contributed by atoms with van der Waals surface area (Å²) < 4.78 is 5.35. The van der Waals surface area contributed by atoms with E-state index in [0.29, 0.717) is 12.3 Å². The van der Waals surface area contributed by atoms with Gasteiger partial charge < -0.3 is 20.9 Å². The van der Waals surface area contributed by atoms with Gasteiger partial charge in [-0.1, -0.05) is 18.2 Å². The first-order chi connectivity index (χ1) is 8.15. The molecule has 0 bridgehead atoms. The van der Waals surface area contributed by atoms with Gasteiger partial charge in [-0.05, 0) is 13.0 Å². The van der Waals surface area contributed by atoms with E-state index in [0.717, 1.165) is 5.56 Å². The Labute approximate surface area is 113 Å². The van der Waals surface area contributed by atoms with Crippen molar-refractivity contribution in [3.8, 4) is 5.75 Å². The van der Waals surface area contributed by atoms with Crippen LogP contribution in [0.15, 0.2) is 24.3 Å². The van der Waals surface area contributed by atoms with Crippen molar-refractivity contribution in [2.75, 3.05) is 13.2 Å². The molecule has 0 fully saturated rings. The van der Waals surface area contributed by atoms with E-state index in [2.05, 4.69) is 5.32 Å². The molecule has 6 heteroatoms. The summed E-state index contributed by atoms with van der Waals surface area (Å²) >= 11 is 0. The maximum Gasteiger partial charge on any atom is 0.236 e. The lowest BCUT2D eigenvalue weighted by Crippen LogP contribution is -2.37. The van der Waals surface area contributed by atoms with Crippen molar-refractivity contribution in [1.82, 2.24) is 5.32 Å². The highest BCUT2D eigenvalue weighted by Crippen LogP contribution is 2.17. The van der Waals surface area contributed by atoms with E-state index in [9.17, 15) is 4.79 Å². The summed E-state index contributed by atoms with van der Waals surface area (Å²) in [6.45, 7) is 2.18. The molecular weight excluding hydrogens is 256 g/mol. The molecule has 18 heavy (non-hydrogen) atoms.